The molecule has 0 saturated heterocycles. The highest BCUT2D eigenvalue weighted by molar-refractivity contribution is 6.07. The average molecular weight is 237 g/mol. The van der Waals surface area contributed by atoms with Crippen LogP contribution in [0.25, 0.3) is 21.7 Å². The van der Waals surface area contributed by atoms with E-state index in [0.717, 1.165) is 0 Å². The van der Waals surface area contributed by atoms with E-state index in [1.54, 1.807) is 0 Å². The Morgan fingerprint density at radius 2 is 1.61 bits per heavy atom. The van der Waals surface area contributed by atoms with Crippen LogP contribution in [-0.2, 0) is 5.41 Å². The standard InChI is InChI=1S/C17H19N/c1-11-5-6-12-7-8-15-14(13(12)9-11)10-16(18-15)17(2,3)4/h5-10,18H,1-4H3. The molecule has 0 fully saturated rings. The average Bonchev–Trinajstić information content (AvgIpc) is 2.72. The third-order valence-electron chi connectivity index (χ3n) is 3.58. The first-order valence-corrected chi connectivity index (χ1v) is 6.48. The van der Waals surface area contributed by atoms with Gasteiger partial charge < -0.3 is 4.98 Å². The molecular weight excluding hydrogens is 218 g/mol. The highest BCUT2D eigenvalue weighted by atomic mass is 14.7. The number of H-pyrrole nitrogens is 1. The number of hydrogen-bond donors (Lipinski definition) is 1. The van der Waals surface area contributed by atoms with Gasteiger partial charge in [-0.1, -0.05) is 50.6 Å². The van der Waals surface area contributed by atoms with Crippen LogP contribution in [-0.4, -0.2) is 4.98 Å². The van der Waals surface area contributed by atoms with Crippen molar-refractivity contribution < 1.29 is 0 Å². The fourth-order valence-corrected chi connectivity index (χ4v) is 2.45. The van der Waals surface area contributed by atoms with Crippen molar-refractivity contribution in [1.29, 1.82) is 0 Å². The number of nitrogens with one attached hydrogen (secondary N) is 1. The molecule has 0 bridgehead atoms. The summed E-state index contributed by atoms with van der Waals surface area (Å²) in [5.41, 5.74) is 4.01. The summed E-state index contributed by atoms with van der Waals surface area (Å²) in [6.07, 6.45) is 0. The Labute approximate surface area is 108 Å². The molecule has 1 heteroatoms. The van der Waals surface area contributed by atoms with E-state index < -0.39 is 0 Å². The maximum atomic E-state index is 3.55. The van der Waals surface area contributed by atoms with Crippen molar-refractivity contribution in [3.05, 3.63) is 47.7 Å². The first-order valence-electron chi connectivity index (χ1n) is 6.48. The zero-order valence-electron chi connectivity index (χ0n) is 11.5. The second-order valence-electron chi connectivity index (χ2n) is 6.18. The predicted molar refractivity (Wildman–Crippen MR) is 79.2 cm³/mol. The fourth-order valence-electron chi connectivity index (χ4n) is 2.45. The molecule has 0 atom stereocenters. The summed E-state index contributed by atoms with van der Waals surface area (Å²) < 4.78 is 0. The Hall–Kier alpha value is -1.76. The van der Waals surface area contributed by atoms with E-state index in [2.05, 4.69) is 69.1 Å². The van der Waals surface area contributed by atoms with Gasteiger partial charge in [0.15, 0.2) is 0 Å². The van der Waals surface area contributed by atoms with Crippen LogP contribution in [0.1, 0.15) is 32.0 Å². The molecule has 92 valence electrons. The quantitative estimate of drug-likeness (QED) is 0.570. The Bertz CT molecular complexity index is 726. The van der Waals surface area contributed by atoms with Crippen molar-refractivity contribution in [2.24, 2.45) is 0 Å². The molecule has 2 aromatic carbocycles. The largest absolute Gasteiger partial charge is 0.358 e. The van der Waals surface area contributed by atoms with E-state index in [-0.39, 0.29) is 5.41 Å². The molecule has 1 aromatic heterocycles. The van der Waals surface area contributed by atoms with Crippen LogP contribution < -0.4 is 0 Å². The molecular formula is C17H19N. The number of aromatic nitrogens is 1. The zero-order chi connectivity index (χ0) is 12.9. The highest BCUT2D eigenvalue weighted by Gasteiger charge is 2.16. The molecule has 0 aliphatic rings. The van der Waals surface area contributed by atoms with E-state index in [1.165, 1.54) is 32.9 Å². The molecule has 0 aliphatic heterocycles. The molecule has 3 aromatic rings. The van der Waals surface area contributed by atoms with Gasteiger partial charge in [0.1, 0.15) is 0 Å². The van der Waals surface area contributed by atoms with Crippen molar-refractivity contribution >= 4 is 21.7 Å². The number of fused-ring (bicyclic) bond motifs is 3. The number of rotatable bonds is 0. The van der Waals surface area contributed by atoms with Crippen molar-refractivity contribution in [2.45, 2.75) is 33.1 Å². The van der Waals surface area contributed by atoms with Gasteiger partial charge in [-0.25, -0.2) is 0 Å². The lowest BCUT2D eigenvalue weighted by molar-refractivity contribution is 0.574. The number of hydrogen-bond acceptors (Lipinski definition) is 0. The highest BCUT2D eigenvalue weighted by Crippen LogP contribution is 2.31. The van der Waals surface area contributed by atoms with Gasteiger partial charge in [-0.2, -0.15) is 0 Å². The summed E-state index contributed by atoms with van der Waals surface area (Å²) in [4.78, 5) is 3.55. The summed E-state index contributed by atoms with van der Waals surface area (Å²) in [5, 5.41) is 3.99. The Balaban J connectivity index is 2.39. The third kappa shape index (κ3) is 1.71. The Kier molecular flexibility index (Phi) is 2.28. The van der Waals surface area contributed by atoms with Crippen LogP contribution in [0.2, 0.25) is 0 Å². The topological polar surface area (TPSA) is 15.8 Å². The van der Waals surface area contributed by atoms with Gasteiger partial charge in [0.2, 0.25) is 0 Å². The lowest BCUT2D eigenvalue weighted by atomic mass is 9.92. The summed E-state index contributed by atoms with van der Waals surface area (Å²) in [6, 6.07) is 13.3. The van der Waals surface area contributed by atoms with E-state index >= 15 is 0 Å². The first-order chi connectivity index (χ1) is 8.45. The normalized spacial score (nSPS) is 12.4. The molecule has 0 aliphatic carbocycles. The van der Waals surface area contributed by atoms with Crippen LogP contribution in [0.3, 0.4) is 0 Å². The number of benzene rings is 2. The van der Waals surface area contributed by atoms with E-state index in [1.807, 2.05) is 0 Å². The van der Waals surface area contributed by atoms with Crippen LogP contribution in [0, 0.1) is 6.92 Å². The molecule has 0 spiro atoms. The van der Waals surface area contributed by atoms with Gasteiger partial charge in [-0.15, -0.1) is 0 Å². The molecule has 1 nitrogen and oxygen atoms in total. The molecule has 0 unspecified atom stereocenters. The summed E-state index contributed by atoms with van der Waals surface area (Å²) in [5.74, 6) is 0. The maximum absolute atomic E-state index is 3.55. The monoisotopic (exact) mass is 237 g/mol. The molecule has 0 saturated carbocycles. The maximum Gasteiger partial charge on any atom is 0.0462 e. The molecule has 0 amide bonds. The zero-order valence-corrected chi connectivity index (χ0v) is 11.5. The van der Waals surface area contributed by atoms with Crippen molar-refractivity contribution in [3.8, 4) is 0 Å². The van der Waals surface area contributed by atoms with Gasteiger partial charge in [-0.3, -0.25) is 0 Å². The first kappa shape index (κ1) is 11.3. The minimum atomic E-state index is 0.162. The lowest BCUT2D eigenvalue weighted by Crippen LogP contribution is -2.10. The SMILES string of the molecule is Cc1ccc2ccc3[nH]c(C(C)(C)C)cc3c2c1. The van der Waals surface area contributed by atoms with Gasteiger partial charge in [0, 0.05) is 22.0 Å². The third-order valence-corrected chi connectivity index (χ3v) is 3.58. The smallest absolute Gasteiger partial charge is 0.0462 e. The Morgan fingerprint density at radius 3 is 2.33 bits per heavy atom. The van der Waals surface area contributed by atoms with Gasteiger partial charge >= 0.3 is 0 Å². The lowest BCUT2D eigenvalue weighted by Gasteiger charge is -2.15. The van der Waals surface area contributed by atoms with E-state index in [0.29, 0.717) is 0 Å². The van der Waals surface area contributed by atoms with Gasteiger partial charge in [0.05, 0.1) is 0 Å². The second kappa shape index (κ2) is 3.61. The van der Waals surface area contributed by atoms with Gasteiger partial charge in [-0.05, 0) is 29.8 Å². The van der Waals surface area contributed by atoms with Crippen LogP contribution in [0.15, 0.2) is 36.4 Å². The van der Waals surface area contributed by atoms with Crippen molar-refractivity contribution in [1.82, 2.24) is 4.98 Å². The number of aryl methyl sites for hydroxylation is 1. The van der Waals surface area contributed by atoms with E-state index in [9.17, 15) is 0 Å². The van der Waals surface area contributed by atoms with Crippen LogP contribution >= 0.6 is 0 Å². The Morgan fingerprint density at radius 1 is 0.889 bits per heavy atom. The number of aromatic amines is 1. The molecule has 3 rings (SSSR count). The van der Waals surface area contributed by atoms with Crippen molar-refractivity contribution in [3.63, 3.8) is 0 Å². The van der Waals surface area contributed by atoms with Gasteiger partial charge in [0.25, 0.3) is 0 Å². The van der Waals surface area contributed by atoms with Crippen LogP contribution in [0.4, 0.5) is 0 Å². The van der Waals surface area contributed by atoms with Crippen LogP contribution in [0.5, 0.6) is 0 Å². The second-order valence-corrected chi connectivity index (χ2v) is 6.18. The minimum Gasteiger partial charge on any atom is -0.358 e. The molecule has 18 heavy (non-hydrogen) atoms. The summed E-state index contributed by atoms with van der Waals surface area (Å²) in [7, 11) is 0. The fraction of sp³-hybridized carbons (Fsp3) is 0.294. The predicted octanol–water partition coefficient (Wildman–Crippen LogP) is 4.93. The summed E-state index contributed by atoms with van der Waals surface area (Å²) in [6.45, 7) is 8.87. The summed E-state index contributed by atoms with van der Waals surface area (Å²) >= 11 is 0. The molecule has 1 heterocycles. The minimum absolute atomic E-state index is 0.162. The molecule has 1 N–H and O–H groups in total. The van der Waals surface area contributed by atoms with E-state index in [4.69, 9.17) is 0 Å². The van der Waals surface area contributed by atoms with Crippen molar-refractivity contribution in [2.75, 3.05) is 0 Å². The molecule has 0 radical (unpaired) electrons.